The van der Waals surface area contributed by atoms with Crippen LogP contribution in [0.5, 0.6) is 0 Å². The van der Waals surface area contributed by atoms with E-state index in [0.29, 0.717) is 0 Å². The highest BCUT2D eigenvalue weighted by atomic mass is 14.3. The number of hydrogen-bond donors (Lipinski definition) is 0. The van der Waals surface area contributed by atoms with Crippen LogP contribution < -0.4 is 0 Å². The molecule has 0 radical (unpaired) electrons. The van der Waals surface area contributed by atoms with E-state index in [2.05, 4.69) is 38.1 Å². The first-order valence-corrected chi connectivity index (χ1v) is 13.9. The zero-order chi connectivity index (χ0) is 21.0. The van der Waals surface area contributed by atoms with Crippen LogP contribution in [0, 0.1) is 23.7 Å². The number of rotatable bonds is 12. The first-order valence-electron chi connectivity index (χ1n) is 13.9. The van der Waals surface area contributed by atoms with Gasteiger partial charge in [0.25, 0.3) is 0 Å². The van der Waals surface area contributed by atoms with Crippen molar-refractivity contribution in [1.82, 2.24) is 0 Å². The summed E-state index contributed by atoms with van der Waals surface area (Å²) in [4.78, 5) is 0. The van der Waals surface area contributed by atoms with Gasteiger partial charge in [-0.25, -0.2) is 0 Å². The highest BCUT2D eigenvalue weighted by Crippen LogP contribution is 2.39. The molecule has 170 valence electrons. The maximum atomic E-state index is 2.46. The van der Waals surface area contributed by atoms with Crippen LogP contribution in [-0.2, 0) is 12.8 Å². The first kappa shape index (κ1) is 23.9. The lowest BCUT2D eigenvalue weighted by molar-refractivity contribution is 0.196. The largest absolute Gasteiger partial charge is 0.0654 e. The van der Waals surface area contributed by atoms with Crippen LogP contribution >= 0.6 is 0 Å². The second-order valence-corrected chi connectivity index (χ2v) is 10.9. The molecule has 1 aromatic rings. The molecule has 0 aromatic heterocycles. The Morgan fingerprint density at radius 2 is 1.30 bits per heavy atom. The molecule has 0 saturated heterocycles. The van der Waals surface area contributed by atoms with Crippen molar-refractivity contribution in [3.8, 4) is 0 Å². The second-order valence-electron chi connectivity index (χ2n) is 10.9. The molecule has 2 aliphatic rings. The summed E-state index contributed by atoms with van der Waals surface area (Å²) in [6.45, 7) is 4.64. The van der Waals surface area contributed by atoms with Gasteiger partial charge in [-0.15, -0.1) is 0 Å². The molecule has 0 aliphatic heterocycles. The predicted octanol–water partition coefficient (Wildman–Crippen LogP) is 9.54. The summed E-state index contributed by atoms with van der Waals surface area (Å²) in [6, 6.07) is 9.75. The molecule has 0 N–H and O–H groups in total. The van der Waals surface area contributed by atoms with Gasteiger partial charge in [0, 0.05) is 0 Å². The van der Waals surface area contributed by atoms with Crippen molar-refractivity contribution in [3.63, 3.8) is 0 Å². The van der Waals surface area contributed by atoms with Gasteiger partial charge in [-0.2, -0.15) is 0 Å². The molecule has 2 fully saturated rings. The van der Waals surface area contributed by atoms with Gasteiger partial charge in [0.05, 0.1) is 0 Å². The smallest absolute Gasteiger partial charge is 0.0248 e. The maximum absolute atomic E-state index is 2.46. The molecule has 1 atom stereocenters. The molecule has 0 amide bonds. The Kier molecular flexibility index (Phi) is 10.8. The van der Waals surface area contributed by atoms with Crippen LogP contribution in [-0.4, -0.2) is 0 Å². The topological polar surface area (TPSA) is 0 Å². The molecule has 30 heavy (non-hydrogen) atoms. The van der Waals surface area contributed by atoms with Crippen molar-refractivity contribution in [3.05, 3.63) is 35.4 Å². The highest BCUT2D eigenvalue weighted by Gasteiger charge is 2.26. The minimum absolute atomic E-state index is 0.935. The molecule has 0 heterocycles. The van der Waals surface area contributed by atoms with E-state index in [1.54, 1.807) is 5.56 Å². The summed E-state index contributed by atoms with van der Waals surface area (Å²) in [6.07, 6.45) is 26.1. The van der Waals surface area contributed by atoms with E-state index in [4.69, 9.17) is 0 Å². The Hall–Kier alpha value is -0.780. The Morgan fingerprint density at radius 1 is 0.700 bits per heavy atom. The normalized spacial score (nSPS) is 24.1. The van der Waals surface area contributed by atoms with E-state index in [1.165, 1.54) is 121 Å². The van der Waals surface area contributed by atoms with Gasteiger partial charge >= 0.3 is 0 Å². The van der Waals surface area contributed by atoms with Gasteiger partial charge in [0.15, 0.2) is 0 Å². The van der Waals surface area contributed by atoms with Gasteiger partial charge in [-0.1, -0.05) is 128 Å². The lowest BCUT2D eigenvalue weighted by atomic mass is 9.72. The van der Waals surface area contributed by atoms with Crippen molar-refractivity contribution >= 4 is 0 Å². The summed E-state index contributed by atoms with van der Waals surface area (Å²) < 4.78 is 0. The Morgan fingerprint density at radius 3 is 1.93 bits per heavy atom. The van der Waals surface area contributed by atoms with Gasteiger partial charge in [0.1, 0.15) is 0 Å². The van der Waals surface area contributed by atoms with E-state index >= 15 is 0 Å². The summed E-state index contributed by atoms with van der Waals surface area (Å²) in [5, 5.41) is 0. The Balaban J connectivity index is 1.50. The van der Waals surface area contributed by atoms with E-state index < -0.39 is 0 Å². The fraction of sp³-hybridized carbons (Fsp3) is 0.800. The van der Waals surface area contributed by atoms with Crippen molar-refractivity contribution in [2.75, 3.05) is 0 Å². The average Bonchev–Trinajstić information content (AvgIpc) is 2.81. The molecule has 0 nitrogen and oxygen atoms in total. The van der Waals surface area contributed by atoms with Gasteiger partial charge < -0.3 is 0 Å². The molecule has 1 aromatic carbocycles. The number of hydrogen-bond acceptors (Lipinski definition) is 0. The molecular formula is C30H50. The minimum atomic E-state index is 0.935. The van der Waals surface area contributed by atoms with E-state index in [0.717, 1.165) is 23.7 Å². The molecule has 1 unspecified atom stereocenters. The lowest BCUT2D eigenvalue weighted by Gasteiger charge is -2.33. The second kappa shape index (κ2) is 13.6. The fourth-order valence-electron chi connectivity index (χ4n) is 6.39. The third-order valence-electron chi connectivity index (χ3n) is 8.53. The third kappa shape index (κ3) is 8.05. The molecule has 0 heteroatoms. The highest BCUT2D eigenvalue weighted by molar-refractivity contribution is 5.23. The maximum Gasteiger partial charge on any atom is -0.0248 e. The Labute approximate surface area is 188 Å². The van der Waals surface area contributed by atoms with Crippen LogP contribution in [0.1, 0.15) is 128 Å². The van der Waals surface area contributed by atoms with Crippen molar-refractivity contribution in [1.29, 1.82) is 0 Å². The summed E-state index contributed by atoms with van der Waals surface area (Å²) in [5.74, 6) is 4.02. The average molecular weight is 411 g/mol. The van der Waals surface area contributed by atoms with E-state index in [9.17, 15) is 0 Å². The fourth-order valence-corrected chi connectivity index (χ4v) is 6.39. The van der Waals surface area contributed by atoms with Crippen molar-refractivity contribution in [2.45, 2.75) is 129 Å². The van der Waals surface area contributed by atoms with Crippen LogP contribution in [0.25, 0.3) is 0 Å². The van der Waals surface area contributed by atoms with Crippen LogP contribution in [0.4, 0.5) is 0 Å². The zero-order valence-corrected chi connectivity index (χ0v) is 20.3. The SMILES string of the molecule is CCCCc1ccc(CC(CCC2CCC(CCCC)CC2)C2CCCCC2)cc1. The van der Waals surface area contributed by atoms with Gasteiger partial charge in [0.2, 0.25) is 0 Å². The predicted molar refractivity (Wildman–Crippen MR) is 133 cm³/mol. The summed E-state index contributed by atoms with van der Waals surface area (Å²) in [7, 11) is 0. The Bertz CT molecular complexity index is 542. The molecule has 0 spiro atoms. The van der Waals surface area contributed by atoms with Crippen LogP contribution in [0.15, 0.2) is 24.3 Å². The van der Waals surface area contributed by atoms with E-state index in [1.807, 2.05) is 0 Å². The van der Waals surface area contributed by atoms with Crippen molar-refractivity contribution < 1.29 is 0 Å². The zero-order valence-electron chi connectivity index (χ0n) is 20.3. The summed E-state index contributed by atoms with van der Waals surface area (Å²) in [5.41, 5.74) is 3.14. The molecule has 3 rings (SSSR count). The third-order valence-corrected chi connectivity index (χ3v) is 8.53. The minimum Gasteiger partial charge on any atom is -0.0654 e. The number of benzene rings is 1. The number of unbranched alkanes of at least 4 members (excludes halogenated alkanes) is 2. The monoisotopic (exact) mass is 410 g/mol. The molecule has 2 saturated carbocycles. The van der Waals surface area contributed by atoms with E-state index in [-0.39, 0.29) is 0 Å². The molecule has 2 aliphatic carbocycles. The van der Waals surface area contributed by atoms with Crippen molar-refractivity contribution in [2.24, 2.45) is 23.7 Å². The summed E-state index contributed by atoms with van der Waals surface area (Å²) >= 11 is 0. The molecule has 0 bridgehead atoms. The first-order chi connectivity index (χ1) is 14.8. The van der Waals surface area contributed by atoms with Crippen LogP contribution in [0.3, 0.4) is 0 Å². The van der Waals surface area contributed by atoms with Gasteiger partial charge in [-0.05, 0) is 60.5 Å². The molecular weight excluding hydrogens is 360 g/mol. The van der Waals surface area contributed by atoms with Crippen LogP contribution in [0.2, 0.25) is 0 Å². The lowest BCUT2D eigenvalue weighted by Crippen LogP contribution is -2.22. The number of aryl methyl sites for hydroxylation is 1. The van der Waals surface area contributed by atoms with Gasteiger partial charge in [-0.3, -0.25) is 0 Å². The quantitative estimate of drug-likeness (QED) is 0.322. The standard InChI is InChI=1S/C30H50/c1-3-5-10-25-14-16-27(17-15-25)22-23-30(29-12-8-7-9-13-29)24-28-20-18-26(19-21-28)11-6-4-2/h18-21,25,27,29-30H,3-17,22-24H2,1-2H3.